The van der Waals surface area contributed by atoms with E-state index in [1.807, 2.05) is 0 Å². The van der Waals surface area contributed by atoms with E-state index in [-0.39, 0.29) is 24.1 Å². The Morgan fingerprint density at radius 1 is 1.36 bits per heavy atom. The van der Waals surface area contributed by atoms with Crippen molar-refractivity contribution in [2.24, 2.45) is 21.7 Å². The lowest BCUT2D eigenvalue weighted by atomic mass is 9.56. The fourth-order valence-electron chi connectivity index (χ4n) is 4.46. The molecule has 2 atom stereocenters. The average molecular weight is 352 g/mol. The second-order valence-electron chi connectivity index (χ2n) is 7.52. The van der Waals surface area contributed by atoms with Crippen LogP contribution in [0.2, 0.25) is 0 Å². The van der Waals surface area contributed by atoms with Gasteiger partial charge in [-0.25, -0.2) is 14.6 Å². The molecule has 0 bridgehead atoms. The van der Waals surface area contributed by atoms with E-state index in [4.69, 9.17) is 10.4 Å². The summed E-state index contributed by atoms with van der Waals surface area (Å²) in [6, 6.07) is 0. The molecule has 7 nitrogen and oxygen atoms in total. The lowest BCUT2D eigenvalue weighted by molar-refractivity contribution is -0.132. The number of hydrogen-bond acceptors (Lipinski definition) is 6. The van der Waals surface area contributed by atoms with Crippen molar-refractivity contribution in [3.05, 3.63) is 11.1 Å². The third-order valence-electron chi connectivity index (χ3n) is 4.68. The highest BCUT2D eigenvalue weighted by Gasteiger charge is 2.45. The van der Waals surface area contributed by atoms with Crippen molar-refractivity contribution in [3.63, 3.8) is 0 Å². The maximum atomic E-state index is 11.5. The molecule has 0 amide bonds. The molecule has 1 aliphatic rings. The van der Waals surface area contributed by atoms with E-state index < -0.39 is 11.4 Å². The van der Waals surface area contributed by atoms with Crippen molar-refractivity contribution >= 4 is 12.0 Å². The van der Waals surface area contributed by atoms with E-state index in [9.17, 15) is 19.8 Å². The number of carboxylic acid groups (broad SMARTS) is 1. The largest absolute Gasteiger partial charge is 0.478 e. The zero-order valence-corrected chi connectivity index (χ0v) is 15.4. The van der Waals surface area contributed by atoms with Gasteiger partial charge in [-0.15, -0.1) is 0 Å². The number of nitrogens with zero attached hydrogens (tertiary/aromatic N) is 2. The van der Waals surface area contributed by atoms with E-state index in [0.717, 1.165) is 31.1 Å². The number of carboxylic acids is 1. The third kappa shape index (κ3) is 6.69. The number of isocyanates is 1. The second kappa shape index (κ2) is 9.97. The average Bonchev–Trinajstić information content (AvgIpc) is 2.48. The Labute approximate surface area is 148 Å². The highest BCUT2D eigenvalue weighted by atomic mass is 16.4. The summed E-state index contributed by atoms with van der Waals surface area (Å²) in [5.41, 5.74) is 0.542. The molecule has 0 spiro atoms. The van der Waals surface area contributed by atoms with Crippen molar-refractivity contribution in [2.45, 2.75) is 53.4 Å². The first-order valence-electron chi connectivity index (χ1n) is 8.20. The van der Waals surface area contributed by atoms with E-state index >= 15 is 0 Å². The number of aliphatic imine (C=N–C) groups is 1. The molecule has 1 fully saturated rings. The summed E-state index contributed by atoms with van der Waals surface area (Å²) in [6.45, 7) is 8.17. The summed E-state index contributed by atoms with van der Waals surface area (Å²) < 4.78 is 0. The van der Waals surface area contributed by atoms with Crippen LogP contribution in [-0.2, 0) is 9.59 Å². The van der Waals surface area contributed by atoms with Gasteiger partial charge in [0.25, 0.3) is 6.26 Å². The van der Waals surface area contributed by atoms with Crippen LogP contribution in [0.25, 0.3) is 0 Å². The molecule has 1 rings (SSSR count). The third-order valence-corrected chi connectivity index (χ3v) is 4.68. The monoisotopic (exact) mass is 352 g/mol. The topological polar surface area (TPSA) is 131 Å². The Morgan fingerprint density at radius 2 is 1.92 bits per heavy atom. The van der Waals surface area contributed by atoms with Crippen LogP contribution < -0.4 is 0 Å². The Hall–Kier alpha value is -2.16. The van der Waals surface area contributed by atoms with Crippen molar-refractivity contribution in [3.8, 4) is 6.26 Å². The van der Waals surface area contributed by atoms with Crippen molar-refractivity contribution in [1.82, 2.24) is 0 Å². The summed E-state index contributed by atoms with van der Waals surface area (Å²) in [4.78, 5) is 25.9. The summed E-state index contributed by atoms with van der Waals surface area (Å²) in [6.07, 6.45) is 5.23. The van der Waals surface area contributed by atoms with Crippen LogP contribution >= 0.6 is 0 Å². The molecule has 0 aromatic carbocycles. The Balaban J connectivity index is 0.00000178. The summed E-state index contributed by atoms with van der Waals surface area (Å²) in [7, 11) is 0. The van der Waals surface area contributed by atoms with Gasteiger partial charge in [-0.2, -0.15) is 5.26 Å². The molecule has 1 aliphatic carbocycles. The van der Waals surface area contributed by atoms with Crippen LogP contribution in [-0.4, -0.2) is 40.5 Å². The van der Waals surface area contributed by atoms with Gasteiger partial charge in [0.1, 0.15) is 0 Å². The van der Waals surface area contributed by atoms with Gasteiger partial charge in [-0.05, 0) is 49.5 Å². The standard InChI is InChI=1S/C17H27NO4.CHNO/c1-12-7-16(3,4)9-17(8-12,10-18-11-20)14(5-6-19)13(2)15(21)22;2-1-3/h12,19H,5-10H2,1-4H3,(H,21,22);3H. The Morgan fingerprint density at radius 3 is 2.32 bits per heavy atom. The molecule has 25 heavy (non-hydrogen) atoms. The van der Waals surface area contributed by atoms with Gasteiger partial charge in [0.05, 0.1) is 6.54 Å². The number of nitriles is 1. The first-order valence-corrected chi connectivity index (χ1v) is 8.20. The zero-order valence-electron chi connectivity index (χ0n) is 15.4. The number of rotatable bonds is 6. The Kier molecular flexibility index (Phi) is 9.11. The molecule has 0 saturated heterocycles. The normalized spacial score (nSPS) is 25.4. The SMILES string of the molecule is CC(C(=O)O)=C(CCO)C1(CN=C=O)CC(C)CC(C)(C)C1.N#CO. The first kappa shape index (κ1) is 22.8. The van der Waals surface area contributed by atoms with E-state index in [0.29, 0.717) is 12.3 Å². The van der Waals surface area contributed by atoms with Crippen molar-refractivity contribution in [1.29, 1.82) is 5.26 Å². The minimum absolute atomic E-state index is 0.0373. The van der Waals surface area contributed by atoms with Crippen LogP contribution in [0.4, 0.5) is 0 Å². The van der Waals surface area contributed by atoms with Gasteiger partial charge in [0.2, 0.25) is 6.08 Å². The predicted octanol–water partition coefficient (Wildman–Crippen LogP) is 2.78. The minimum Gasteiger partial charge on any atom is -0.478 e. The van der Waals surface area contributed by atoms with Crippen LogP contribution in [0.15, 0.2) is 16.1 Å². The molecule has 0 aromatic heterocycles. The summed E-state index contributed by atoms with van der Waals surface area (Å²) in [5, 5.41) is 32.5. The molecule has 0 aromatic rings. The van der Waals surface area contributed by atoms with Crippen molar-refractivity contribution < 1.29 is 24.9 Å². The summed E-state index contributed by atoms with van der Waals surface area (Å²) in [5.74, 6) is -0.574. The first-order chi connectivity index (χ1) is 11.6. The highest BCUT2D eigenvalue weighted by Crippen LogP contribution is 2.53. The molecule has 0 aliphatic heterocycles. The maximum Gasteiger partial charge on any atom is 0.331 e. The molecule has 0 radical (unpaired) electrons. The van der Waals surface area contributed by atoms with Gasteiger partial charge in [0.15, 0.2) is 0 Å². The predicted molar refractivity (Wildman–Crippen MR) is 91.8 cm³/mol. The minimum atomic E-state index is -0.978. The van der Waals surface area contributed by atoms with Gasteiger partial charge >= 0.3 is 5.97 Å². The van der Waals surface area contributed by atoms with Crippen LogP contribution in [0.1, 0.15) is 53.4 Å². The molecule has 140 valence electrons. The highest BCUT2D eigenvalue weighted by molar-refractivity contribution is 5.87. The molecule has 2 unspecified atom stereocenters. The number of carbonyl (C=O) groups excluding carboxylic acids is 1. The number of aliphatic carboxylic acids is 1. The number of aliphatic hydroxyl groups excluding tert-OH is 2. The maximum absolute atomic E-state index is 11.5. The van der Waals surface area contributed by atoms with Crippen LogP contribution in [0.5, 0.6) is 0 Å². The summed E-state index contributed by atoms with van der Waals surface area (Å²) >= 11 is 0. The number of aliphatic hydroxyl groups is 2. The fourth-order valence-corrected chi connectivity index (χ4v) is 4.46. The van der Waals surface area contributed by atoms with E-state index in [1.54, 1.807) is 13.0 Å². The molecule has 0 heterocycles. The molecule has 1 saturated carbocycles. The smallest absolute Gasteiger partial charge is 0.331 e. The van der Waals surface area contributed by atoms with E-state index in [2.05, 4.69) is 25.8 Å². The molecular formula is C18H28N2O5. The molecule has 3 N–H and O–H groups in total. The second-order valence-corrected chi connectivity index (χ2v) is 7.52. The molecule has 7 heteroatoms. The van der Waals surface area contributed by atoms with Gasteiger partial charge in [-0.1, -0.05) is 20.8 Å². The van der Waals surface area contributed by atoms with Crippen molar-refractivity contribution in [2.75, 3.05) is 13.2 Å². The zero-order chi connectivity index (χ0) is 19.7. The fraction of sp³-hybridized carbons (Fsp3) is 0.722. The van der Waals surface area contributed by atoms with Gasteiger partial charge in [-0.3, -0.25) is 0 Å². The Bertz CT molecular complexity index is 585. The van der Waals surface area contributed by atoms with Gasteiger partial charge in [0, 0.05) is 17.6 Å². The van der Waals surface area contributed by atoms with Crippen LogP contribution in [0, 0.1) is 28.3 Å². The lowest BCUT2D eigenvalue weighted by Gasteiger charge is -2.48. The number of hydrogen-bond donors (Lipinski definition) is 3. The van der Waals surface area contributed by atoms with Gasteiger partial charge < -0.3 is 15.3 Å². The number of carbonyl (C=O) groups is 1. The van der Waals surface area contributed by atoms with E-state index in [1.165, 1.54) is 0 Å². The van der Waals surface area contributed by atoms with Crippen LogP contribution in [0.3, 0.4) is 0 Å². The quantitative estimate of drug-likeness (QED) is 0.291. The lowest BCUT2D eigenvalue weighted by Crippen LogP contribution is -2.41. The molecular weight excluding hydrogens is 324 g/mol.